The van der Waals surface area contributed by atoms with Gasteiger partial charge in [-0.25, -0.2) is 0 Å². The molecule has 3 heteroatoms. The Kier molecular flexibility index (Phi) is 6.33. The molecule has 3 nitrogen and oxygen atoms in total. The first-order chi connectivity index (χ1) is 9.04. The van der Waals surface area contributed by atoms with E-state index in [-0.39, 0.29) is 6.04 Å². The molecule has 0 fully saturated rings. The van der Waals surface area contributed by atoms with Crippen LogP contribution in [0, 0.1) is 0 Å². The number of aliphatic hydroxyl groups excluding tert-OH is 1. The summed E-state index contributed by atoms with van der Waals surface area (Å²) in [5.41, 5.74) is 1.85. The molecule has 0 saturated carbocycles. The summed E-state index contributed by atoms with van der Waals surface area (Å²) in [6.45, 7) is 12.5. The predicted octanol–water partition coefficient (Wildman–Crippen LogP) is 2.84. The third-order valence-electron chi connectivity index (χ3n) is 2.76. The zero-order valence-electron chi connectivity index (χ0n) is 11.7. The smallest absolute Gasteiger partial charge is 0.119 e. The zero-order chi connectivity index (χ0) is 14.3. The normalized spacial score (nSPS) is 13.6. The minimum atomic E-state index is -0.546. The molecule has 0 aromatic heterocycles. The maximum absolute atomic E-state index is 10.2. The first-order valence-corrected chi connectivity index (χ1v) is 6.44. The molecule has 1 aromatic carbocycles. The fraction of sp³-hybridized carbons (Fsp3) is 0.375. The van der Waals surface area contributed by atoms with E-state index in [1.807, 2.05) is 38.1 Å². The van der Waals surface area contributed by atoms with Gasteiger partial charge in [0.15, 0.2) is 0 Å². The number of benzene rings is 1. The Morgan fingerprint density at radius 1 is 1.42 bits per heavy atom. The van der Waals surface area contributed by atoms with E-state index in [2.05, 4.69) is 18.5 Å². The molecule has 0 saturated heterocycles. The Balaban J connectivity index is 2.59. The second-order valence-corrected chi connectivity index (χ2v) is 4.75. The number of rotatable bonds is 8. The van der Waals surface area contributed by atoms with E-state index in [0.29, 0.717) is 13.2 Å². The predicted molar refractivity (Wildman–Crippen MR) is 79.4 cm³/mol. The van der Waals surface area contributed by atoms with Gasteiger partial charge in [-0.1, -0.05) is 24.8 Å². The molecule has 1 rings (SSSR count). The van der Waals surface area contributed by atoms with Gasteiger partial charge in [0.1, 0.15) is 12.4 Å². The van der Waals surface area contributed by atoms with Gasteiger partial charge in [0.25, 0.3) is 0 Å². The van der Waals surface area contributed by atoms with Crippen LogP contribution in [0.3, 0.4) is 0 Å². The lowest BCUT2D eigenvalue weighted by Crippen LogP contribution is -2.32. The van der Waals surface area contributed by atoms with Crippen LogP contribution in [0.15, 0.2) is 49.1 Å². The average Bonchev–Trinajstić information content (AvgIpc) is 2.42. The van der Waals surface area contributed by atoms with Crippen molar-refractivity contribution in [3.63, 3.8) is 0 Å². The van der Waals surface area contributed by atoms with E-state index in [4.69, 9.17) is 4.74 Å². The van der Waals surface area contributed by atoms with Crippen LogP contribution in [0.5, 0.6) is 5.75 Å². The van der Waals surface area contributed by atoms with Crippen LogP contribution >= 0.6 is 0 Å². The van der Waals surface area contributed by atoms with Gasteiger partial charge in [-0.2, -0.15) is 0 Å². The maximum Gasteiger partial charge on any atom is 0.119 e. The Bertz CT molecular complexity index is 411. The summed E-state index contributed by atoms with van der Waals surface area (Å²) in [7, 11) is 0. The quantitative estimate of drug-likeness (QED) is 0.707. The summed E-state index contributed by atoms with van der Waals surface area (Å²) < 4.78 is 5.52. The second kappa shape index (κ2) is 7.77. The van der Waals surface area contributed by atoms with Crippen LogP contribution in [-0.2, 0) is 0 Å². The summed E-state index contributed by atoms with van der Waals surface area (Å²) in [4.78, 5) is 0. The van der Waals surface area contributed by atoms with Gasteiger partial charge >= 0.3 is 0 Å². The highest BCUT2D eigenvalue weighted by molar-refractivity contribution is 5.29. The number of nitrogens with one attached hydrogen (secondary N) is 1. The second-order valence-electron chi connectivity index (χ2n) is 4.75. The lowest BCUT2D eigenvalue weighted by atomic mass is 10.0. The van der Waals surface area contributed by atoms with Crippen molar-refractivity contribution in [2.24, 2.45) is 0 Å². The molecule has 2 unspecified atom stereocenters. The third-order valence-corrected chi connectivity index (χ3v) is 2.76. The van der Waals surface area contributed by atoms with E-state index in [1.54, 1.807) is 6.08 Å². The molecule has 19 heavy (non-hydrogen) atoms. The van der Waals surface area contributed by atoms with Crippen molar-refractivity contribution < 1.29 is 9.84 Å². The highest BCUT2D eigenvalue weighted by Gasteiger charge is 2.15. The monoisotopic (exact) mass is 261 g/mol. The SMILES string of the molecule is C=CCNC(C)C(O)c1ccc(OCC(=C)C)cc1. The van der Waals surface area contributed by atoms with Gasteiger partial charge in [-0.3, -0.25) is 0 Å². The highest BCUT2D eigenvalue weighted by Crippen LogP contribution is 2.20. The van der Waals surface area contributed by atoms with Crippen LogP contribution in [0.1, 0.15) is 25.5 Å². The van der Waals surface area contributed by atoms with E-state index < -0.39 is 6.10 Å². The maximum atomic E-state index is 10.2. The molecule has 0 heterocycles. The van der Waals surface area contributed by atoms with Gasteiger partial charge in [0, 0.05) is 12.6 Å². The van der Waals surface area contributed by atoms with Gasteiger partial charge in [-0.05, 0) is 37.1 Å². The van der Waals surface area contributed by atoms with Crippen molar-refractivity contribution in [3.8, 4) is 5.75 Å². The van der Waals surface area contributed by atoms with Gasteiger partial charge in [0.2, 0.25) is 0 Å². The van der Waals surface area contributed by atoms with E-state index in [1.165, 1.54) is 0 Å². The molecule has 2 N–H and O–H groups in total. The van der Waals surface area contributed by atoms with Crippen LogP contribution in [-0.4, -0.2) is 24.3 Å². The molecule has 0 aliphatic carbocycles. The molecular formula is C16H23NO2. The highest BCUT2D eigenvalue weighted by atomic mass is 16.5. The Labute approximate surface area is 115 Å². The first kappa shape index (κ1) is 15.5. The third kappa shape index (κ3) is 5.28. The lowest BCUT2D eigenvalue weighted by Gasteiger charge is -2.20. The fourth-order valence-corrected chi connectivity index (χ4v) is 1.64. The molecule has 2 atom stereocenters. The number of aliphatic hydroxyl groups is 1. The molecule has 0 aliphatic heterocycles. The molecule has 0 bridgehead atoms. The Morgan fingerprint density at radius 3 is 2.58 bits per heavy atom. The van der Waals surface area contributed by atoms with Crippen molar-refractivity contribution in [1.29, 1.82) is 0 Å². The number of hydrogen-bond donors (Lipinski definition) is 2. The van der Waals surface area contributed by atoms with Crippen LogP contribution < -0.4 is 10.1 Å². The number of ether oxygens (including phenoxy) is 1. The fourth-order valence-electron chi connectivity index (χ4n) is 1.64. The Morgan fingerprint density at radius 2 is 2.05 bits per heavy atom. The largest absolute Gasteiger partial charge is 0.489 e. The van der Waals surface area contributed by atoms with Crippen molar-refractivity contribution in [2.45, 2.75) is 26.0 Å². The molecule has 1 aromatic rings. The topological polar surface area (TPSA) is 41.5 Å². The molecule has 0 amide bonds. The molecule has 104 valence electrons. The van der Waals surface area contributed by atoms with E-state index >= 15 is 0 Å². The summed E-state index contributed by atoms with van der Waals surface area (Å²) in [5, 5.41) is 13.3. The van der Waals surface area contributed by atoms with Gasteiger partial charge in [-0.15, -0.1) is 6.58 Å². The van der Waals surface area contributed by atoms with Crippen LogP contribution in [0.2, 0.25) is 0 Å². The van der Waals surface area contributed by atoms with Crippen LogP contribution in [0.25, 0.3) is 0 Å². The van der Waals surface area contributed by atoms with Crippen molar-refractivity contribution in [3.05, 3.63) is 54.6 Å². The molecule has 0 spiro atoms. The van der Waals surface area contributed by atoms with Crippen LogP contribution in [0.4, 0.5) is 0 Å². The van der Waals surface area contributed by atoms with Gasteiger partial charge in [0.05, 0.1) is 6.10 Å². The summed E-state index contributed by atoms with van der Waals surface area (Å²) in [6.07, 6.45) is 1.23. The molecule has 0 aliphatic rings. The summed E-state index contributed by atoms with van der Waals surface area (Å²) in [5.74, 6) is 0.783. The zero-order valence-corrected chi connectivity index (χ0v) is 11.7. The minimum Gasteiger partial charge on any atom is -0.489 e. The van der Waals surface area contributed by atoms with E-state index in [9.17, 15) is 5.11 Å². The summed E-state index contributed by atoms with van der Waals surface area (Å²) in [6, 6.07) is 7.46. The number of hydrogen-bond acceptors (Lipinski definition) is 3. The molecule has 0 radical (unpaired) electrons. The minimum absolute atomic E-state index is 0.0276. The molecular weight excluding hydrogens is 238 g/mol. The van der Waals surface area contributed by atoms with Crippen molar-refractivity contribution in [2.75, 3.05) is 13.2 Å². The summed E-state index contributed by atoms with van der Waals surface area (Å²) >= 11 is 0. The Hall–Kier alpha value is -1.58. The van der Waals surface area contributed by atoms with Crippen molar-refractivity contribution >= 4 is 0 Å². The average molecular weight is 261 g/mol. The van der Waals surface area contributed by atoms with E-state index in [0.717, 1.165) is 16.9 Å². The first-order valence-electron chi connectivity index (χ1n) is 6.44. The standard InChI is InChI=1S/C16H23NO2/c1-5-10-17-13(4)16(18)14-6-8-15(9-7-14)19-11-12(2)3/h5-9,13,16-18H,1-2,10-11H2,3-4H3. The lowest BCUT2D eigenvalue weighted by molar-refractivity contribution is 0.138. The van der Waals surface area contributed by atoms with Crippen molar-refractivity contribution in [1.82, 2.24) is 5.32 Å². The van der Waals surface area contributed by atoms with Gasteiger partial charge < -0.3 is 15.2 Å².